The summed E-state index contributed by atoms with van der Waals surface area (Å²) in [5.74, 6) is 0. The van der Waals surface area contributed by atoms with Crippen molar-refractivity contribution in [3.05, 3.63) is 522 Å². The first kappa shape index (κ1) is 80.9. The van der Waals surface area contributed by atoms with Crippen LogP contribution in [0.15, 0.2) is 526 Å². The maximum absolute atomic E-state index is 6.17. The zero-order chi connectivity index (χ0) is 91.1. The molecule has 22 aromatic carbocycles. The third-order valence-electron chi connectivity index (χ3n) is 27.8. The summed E-state index contributed by atoms with van der Waals surface area (Å²) < 4.78 is 18.5. The largest absolute Gasteiger partial charge is 0.456 e. The molecular formula is C132H86N4OS. The minimum absolute atomic E-state index is 0.916. The summed E-state index contributed by atoms with van der Waals surface area (Å²) in [5, 5.41) is 15.1. The van der Waals surface area contributed by atoms with Gasteiger partial charge in [-0.2, -0.15) is 0 Å². The SMILES string of the molecule is c1ccc(-c2cccc3c2c2ccccc2n3-c2ccccc2-c2ccc(-c3ccc4c(c3)oc3ccccc34)cc2)cc1.c1ccc(-c2cccc3c2c2ccccc2n3-c2ccccc2-c2ccc(-c3ccc4sc5ccccc5c4c3)cc2)cc1.c1ccc(-c2cccc3c2c2ccccc2n3-c2ccccc2-c2ccc(-c3cccc4c3c3ccccc3n4-c3ccccc3)cc2)cc1. The highest BCUT2D eigenvalue weighted by Gasteiger charge is 2.25. The topological polar surface area (TPSA) is 32.9 Å². The van der Waals surface area contributed by atoms with E-state index >= 15 is 0 Å². The Morgan fingerprint density at radius 2 is 0.413 bits per heavy atom. The number of para-hydroxylation sites is 9. The van der Waals surface area contributed by atoms with Crippen molar-refractivity contribution >= 4 is 141 Å². The van der Waals surface area contributed by atoms with Crippen LogP contribution in [0, 0.1) is 0 Å². The van der Waals surface area contributed by atoms with Crippen molar-refractivity contribution in [1.29, 1.82) is 0 Å². The van der Waals surface area contributed by atoms with Crippen LogP contribution in [0.1, 0.15) is 0 Å². The van der Waals surface area contributed by atoms with E-state index in [1.807, 2.05) is 23.5 Å². The standard InChI is InChI=1S/C48H32N2.C42H27NO.C42H27NS/c1-3-15-33(16-4-1)38-22-14-28-46-48(38)41-21-9-12-26-44(41)50(46)42-24-10-7-19-37(42)34-29-31-35(32-30-34)39-23-13-27-45-47(39)40-20-8-11-25-43(40)49(45)36-17-5-2-6-18-36;1-2-11-29(12-3-1)33-16-10-19-39-42(33)36-15-5-8-18-38(36)43(39)37-17-7-4-13-32(37)30-23-21-28(22-24-30)31-25-26-35-34-14-6-9-20-40(34)44-41(35)27-31;1-2-11-29(12-3-1)33-16-10-19-39-42(33)35-15-5-8-18-38(35)43(39)37-17-7-4-13-32(37)30-23-21-28(22-24-30)31-25-26-41-36(27-31)34-14-6-9-20-40(34)44-41/h1-32H;2*1-27H. The zero-order valence-electron chi connectivity index (χ0n) is 75.3. The Labute approximate surface area is 802 Å². The van der Waals surface area contributed by atoms with Crippen molar-refractivity contribution in [3.8, 4) is 123 Å². The van der Waals surface area contributed by atoms with Crippen LogP contribution in [0.4, 0.5) is 0 Å². The van der Waals surface area contributed by atoms with Gasteiger partial charge in [-0.25, -0.2) is 0 Å². The molecular weight excluding hydrogens is 1690 g/mol. The van der Waals surface area contributed by atoms with Crippen LogP contribution < -0.4 is 0 Å². The molecule has 0 radical (unpaired) electrons. The van der Waals surface area contributed by atoms with Crippen molar-refractivity contribution in [3.63, 3.8) is 0 Å². The van der Waals surface area contributed by atoms with Gasteiger partial charge >= 0.3 is 0 Å². The fraction of sp³-hybridized carbons (Fsp3) is 0. The van der Waals surface area contributed by atoms with Crippen LogP contribution in [0.5, 0.6) is 0 Å². The lowest BCUT2D eigenvalue weighted by Crippen LogP contribution is -1.97. The Morgan fingerprint density at radius 3 is 0.833 bits per heavy atom. The molecule has 0 unspecified atom stereocenters. The second-order valence-electron chi connectivity index (χ2n) is 35.5. The molecule has 0 bridgehead atoms. The molecule has 0 aliphatic heterocycles. The van der Waals surface area contributed by atoms with Crippen molar-refractivity contribution in [2.75, 3.05) is 0 Å². The molecule has 646 valence electrons. The first-order chi connectivity index (χ1) is 68.5. The molecule has 28 aromatic rings. The Hall–Kier alpha value is -17.9. The van der Waals surface area contributed by atoms with Crippen LogP contribution in [0.2, 0.25) is 0 Å². The van der Waals surface area contributed by atoms with Gasteiger partial charge in [0.1, 0.15) is 11.2 Å². The first-order valence-corrected chi connectivity index (χ1v) is 48.1. The number of thiophene rings is 1. The average molecular weight is 1780 g/mol. The van der Waals surface area contributed by atoms with Crippen LogP contribution in [0.3, 0.4) is 0 Å². The number of benzene rings is 22. The zero-order valence-corrected chi connectivity index (χ0v) is 76.1. The van der Waals surface area contributed by atoms with Gasteiger partial charge in [-0.1, -0.05) is 406 Å². The monoisotopic (exact) mass is 1770 g/mol. The fourth-order valence-electron chi connectivity index (χ4n) is 21.6. The number of furan rings is 1. The Kier molecular flexibility index (Phi) is 20.1. The molecule has 0 amide bonds. The number of hydrogen-bond acceptors (Lipinski definition) is 2. The van der Waals surface area contributed by atoms with Crippen molar-refractivity contribution in [1.82, 2.24) is 18.3 Å². The Bertz CT molecular complexity index is 9540. The van der Waals surface area contributed by atoms with Crippen molar-refractivity contribution < 1.29 is 4.42 Å². The summed E-state index contributed by atoms with van der Waals surface area (Å²) in [6, 6.07) is 188. The van der Waals surface area contributed by atoms with E-state index in [1.165, 1.54) is 219 Å². The predicted octanol–water partition coefficient (Wildman–Crippen LogP) is 36.7. The summed E-state index contributed by atoms with van der Waals surface area (Å²) in [7, 11) is 0. The molecule has 6 aromatic heterocycles. The fourth-order valence-corrected chi connectivity index (χ4v) is 22.7. The van der Waals surface area contributed by atoms with E-state index in [2.05, 4.69) is 528 Å². The summed E-state index contributed by atoms with van der Waals surface area (Å²) in [5.41, 5.74) is 38.1. The molecule has 0 N–H and O–H groups in total. The number of nitrogens with zero attached hydrogens (tertiary/aromatic N) is 4. The highest BCUT2D eigenvalue weighted by Crippen LogP contribution is 2.48. The van der Waals surface area contributed by atoms with E-state index in [9.17, 15) is 0 Å². The van der Waals surface area contributed by atoms with E-state index in [4.69, 9.17) is 4.42 Å². The second-order valence-corrected chi connectivity index (χ2v) is 36.6. The minimum atomic E-state index is 0.916. The van der Waals surface area contributed by atoms with Gasteiger partial charge in [0.2, 0.25) is 0 Å². The first-order valence-electron chi connectivity index (χ1n) is 47.3. The highest BCUT2D eigenvalue weighted by atomic mass is 32.1. The van der Waals surface area contributed by atoms with E-state index in [0.29, 0.717) is 0 Å². The van der Waals surface area contributed by atoms with E-state index in [0.717, 1.165) is 33.1 Å². The Morgan fingerprint density at radius 1 is 0.145 bits per heavy atom. The third kappa shape index (κ3) is 13.9. The predicted molar refractivity (Wildman–Crippen MR) is 586 cm³/mol. The van der Waals surface area contributed by atoms with E-state index in [-0.39, 0.29) is 0 Å². The van der Waals surface area contributed by atoms with Crippen LogP contribution >= 0.6 is 11.3 Å². The van der Waals surface area contributed by atoms with Gasteiger partial charge < -0.3 is 22.7 Å². The van der Waals surface area contributed by atoms with Gasteiger partial charge in [0.25, 0.3) is 0 Å². The molecule has 0 saturated heterocycles. The molecule has 0 fully saturated rings. The Balaban J connectivity index is 0.000000107. The summed E-state index contributed by atoms with van der Waals surface area (Å²) in [6.45, 7) is 0. The number of hydrogen-bond donors (Lipinski definition) is 0. The number of fused-ring (bicyclic) bond motifs is 18. The molecule has 0 spiro atoms. The van der Waals surface area contributed by atoms with Crippen molar-refractivity contribution in [2.24, 2.45) is 0 Å². The lowest BCUT2D eigenvalue weighted by molar-refractivity contribution is 0.669. The van der Waals surface area contributed by atoms with Crippen molar-refractivity contribution in [2.45, 2.75) is 0 Å². The molecule has 5 nitrogen and oxygen atoms in total. The smallest absolute Gasteiger partial charge is 0.136 e. The average Bonchev–Trinajstić information content (AvgIpc) is 1.58. The quantitative estimate of drug-likeness (QED) is 0.113. The lowest BCUT2D eigenvalue weighted by atomic mass is 9.96. The van der Waals surface area contributed by atoms with Gasteiger partial charge in [-0.15, -0.1) is 11.3 Å². The molecule has 28 rings (SSSR count). The maximum Gasteiger partial charge on any atom is 0.136 e. The molecule has 0 aliphatic carbocycles. The van der Waals surface area contributed by atoms with E-state index < -0.39 is 0 Å². The van der Waals surface area contributed by atoms with Gasteiger partial charge in [0, 0.05) is 96.4 Å². The normalized spacial score (nSPS) is 11.6. The van der Waals surface area contributed by atoms with E-state index in [1.54, 1.807) is 0 Å². The number of rotatable bonds is 13. The summed E-state index contributed by atoms with van der Waals surface area (Å²) in [6.07, 6.45) is 0. The lowest BCUT2D eigenvalue weighted by Gasteiger charge is -2.15. The third-order valence-corrected chi connectivity index (χ3v) is 29.0. The van der Waals surface area contributed by atoms with Crippen LogP contribution in [0.25, 0.3) is 252 Å². The second kappa shape index (κ2) is 34.3. The van der Waals surface area contributed by atoms with Gasteiger partial charge in [0.15, 0.2) is 0 Å². The summed E-state index contributed by atoms with van der Waals surface area (Å²) in [4.78, 5) is 0. The molecule has 6 heterocycles. The molecule has 0 aliphatic rings. The van der Waals surface area contributed by atoms with Gasteiger partial charge in [-0.3, -0.25) is 0 Å². The number of aromatic nitrogens is 4. The summed E-state index contributed by atoms with van der Waals surface area (Å²) >= 11 is 1.86. The van der Waals surface area contributed by atoms with Crippen LogP contribution in [-0.2, 0) is 0 Å². The minimum Gasteiger partial charge on any atom is -0.456 e. The molecule has 0 saturated carbocycles. The molecule has 138 heavy (non-hydrogen) atoms. The molecule has 6 heteroatoms. The van der Waals surface area contributed by atoms with Crippen LogP contribution in [-0.4, -0.2) is 18.3 Å². The van der Waals surface area contributed by atoms with Gasteiger partial charge in [0.05, 0.1) is 61.2 Å². The molecule has 0 atom stereocenters. The maximum atomic E-state index is 6.17. The van der Waals surface area contributed by atoms with Gasteiger partial charge in [-0.05, 0) is 199 Å². The highest BCUT2D eigenvalue weighted by molar-refractivity contribution is 7.25.